The van der Waals surface area contributed by atoms with Gasteiger partial charge in [0, 0.05) is 17.3 Å². The highest BCUT2D eigenvalue weighted by Gasteiger charge is 2.30. The van der Waals surface area contributed by atoms with Gasteiger partial charge < -0.3 is 16.6 Å². The average molecular weight is 332 g/mol. The summed E-state index contributed by atoms with van der Waals surface area (Å²) in [5, 5.41) is 10.6. The monoisotopic (exact) mass is 332 g/mol. The molecule has 0 fully saturated rings. The molecule has 0 saturated carbocycles. The molecule has 6 nitrogen and oxygen atoms in total. The number of aliphatic hydroxyl groups is 1. The summed E-state index contributed by atoms with van der Waals surface area (Å²) in [7, 11) is -4.46. The van der Waals surface area contributed by atoms with Crippen molar-refractivity contribution in [2.75, 3.05) is 11.5 Å². The molecule has 2 aromatic carbocycles. The van der Waals surface area contributed by atoms with Crippen molar-refractivity contribution < 1.29 is 18.1 Å². The van der Waals surface area contributed by atoms with Crippen molar-refractivity contribution in [3.05, 3.63) is 59.2 Å². The Morgan fingerprint density at radius 1 is 0.957 bits per heavy atom. The van der Waals surface area contributed by atoms with Gasteiger partial charge >= 0.3 is 0 Å². The normalized spacial score (nSPS) is 20.3. The predicted molar refractivity (Wildman–Crippen MR) is 88.3 cm³/mol. The van der Waals surface area contributed by atoms with Crippen LogP contribution in [0.15, 0.2) is 47.4 Å². The highest BCUT2D eigenvalue weighted by atomic mass is 32.2. The number of benzene rings is 2. The number of rotatable bonds is 2. The van der Waals surface area contributed by atoms with Crippen molar-refractivity contribution in [1.29, 1.82) is 0 Å². The van der Waals surface area contributed by atoms with Gasteiger partial charge in [0.15, 0.2) is 0 Å². The fraction of sp³-hybridized carbons (Fsp3) is 0.125. The second-order valence-electron chi connectivity index (χ2n) is 5.49. The van der Waals surface area contributed by atoms with Gasteiger partial charge in [-0.3, -0.25) is 4.55 Å². The van der Waals surface area contributed by atoms with Crippen molar-refractivity contribution in [3.63, 3.8) is 0 Å². The molecule has 0 spiro atoms. The quantitative estimate of drug-likeness (QED) is 0.492. The lowest BCUT2D eigenvalue weighted by molar-refractivity contribution is 0.159. The second-order valence-corrected chi connectivity index (χ2v) is 6.88. The van der Waals surface area contributed by atoms with E-state index in [0.717, 1.165) is 5.56 Å². The van der Waals surface area contributed by atoms with E-state index in [1.165, 1.54) is 18.2 Å². The van der Waals surface area contributed by atoms with Crippen LogP contribution in [0.4, 0.5) is 11.4 Å². The first-order valence-corrected chi connectivity index (χ1v) is 8.34. The number of nitrogens with two attached hydrogens (primary N) is 2. The standard InChI is InChI=1S/C16H16N2O4S/c17-10-3-1-9-2-5-13(16(19)14(9)7-10)12-6-4-11(18)8-15(12)23(20,21)22/h1-8,13,16,19H,17-18H2,(H,20,21,22). The van der Waals surface area contributed by atoms with Gasteiger partial charge in [-0.05, 0) is 41.0 Å². The molecule has 3 rings (SSSR count). The Kier molecular flexibility index (Phi) is 3.63. The van der Waals surface area contributed by atoms with E-state index >= 15 is 0 Å². The van der Waals surface area contributed by atoms with Gasteiger partial charge in [0.25, 0.3) is 10.1 Å². The van der Waals surface area contributed by atoms with Crippen LogP contribution in [0.1, 0.15) is 28.7 Å². The molecule has 0 radical (unpaired) electrons. The third-order valence-electron chi connectivity index (χ3n) is 3.93. The van der Waals surface area contributed by atoms with E-state index in [9.17, 15) is 18.1 Å². The Balaban J connectivity index is 2.15. The molecule has 0 saturated heterocycles. The number of hydrogen-bond acceptors (Lipinski definition) is 5. The van der Waals surface area contributed by atoms with Crippen molar-refractivity contribution in [2.45, 2.75) is 16.9 Å². The number of nitrogen functional groups attached to an aromatic ring is 2. The molecule has 7 heteroatoms. The first-order chi connectivity index (χ1) is 10.8. The molecule has 120 valence electrons. The molecule has 2 unspecified atom stereocenters. The van der Waals surface area contributed by atoms with E-state index in [2.05, 4.69) is 0 Å². The van der Waals surface area contributed by atoms with E-state index < -0.39 is 22.1 Å². The topological polar surface area (TPSA) is 127 Å². The van der Waals surface area contributed by atoms with Crippen LogP contribution >= 0.6 is 0 Å². The van der Waals surface area contributed by atoms with E-state index in [1.54, 1.807) is 30.4 Å². The summed E-state index contributed by atoms with van der Waals surface area (Å²) >= 11 is 0. The largest absolute Gasteiger partial charge is 0.399 e. The average Bonchev–Trinajstić information content (AvgIpc) is 2.48. The maximum absolute atomic E-state index is 11.6. The van der Waals surface area contributed by atoms with Crippen LogP contribution in [0.5, 0.6) is 0 Å². The molecule has 1 aliphatic carbocycles. The molecule has 6 N–H and O–H groups in total. The number of anilines is 2. The van der Waals surface area contributed by atoms with Gasteiger partial charge in [-0.15, -0.1) is 0 Å². The van der Waals surface area contributed by atoms with Crippen LogP contribution in [0.3, 0.4) is 0 Å². The number of hydrogen-bond donors (Lipinski definition) is 4. The smallest absolute Gasteiger partial charge is 0.294 e. The first kappa shape index (κ1) is 15.5. The van der Waals surface area contributed by atoms with Crippen molar-refractivity contribution in [2.24, 2.45) is 0 Å². The molecule has 0 aromatic heterocycles. The first-order valence-electron chi connectivity index (χ1n) is 6.90. The Labute approximate surface area is 133 Å². The minimum Gasteiger partial charge on any atom is -0.399 e. The molecule has 2 atom stereocenters. The van der Waals surface area contributed by atoms with Crippen LogP contribution in [-0.2, 0) is 10.1 Å². The van der Waals surface area contributed by atoms with E-state index in [4.69, 9.17) is 11.5 Å². The minimum absolute atomic E-state index is 0.209. The maximum atomic E-state index is 11.6. The number of fused-ring (bicyclic) bond motifs is 1. The number of aliphatic hydroxyl groups excluding tert-OH is 1. The predicted octanol–water partition coefficient (Wildman–Crippen LogP) is 1.94. The second kappa shape index (κ2) is 5.38. The molecule has 2 aromatic rings. The molecular weight excluding hydrogens is 316 g/mol. The van der Waals surface area contributed by atoms with Crippen LogP contribution in [0.2, 0.25) is 0 Å². The third-order valence-corrected chi connectivity index (χ3v) is 4.84. The molecule has 0 aliphatic heterocycles. The molecule has 0 bridgehead atoms. The van der Waals surface area contributed by atoms with E-state index in [-0.39, 0.29) is 16.1 Å². The third kappa shape index (κ3) is 2.81. The zero-order chi connectivity index (χ0) is 16.8. The van der Waals surface area contributed by atoms with Gasteiger partial charge in [0.05, 0.1) is 11.0 Å². The van der Waals surface area contributed by atoms with Crippen LogP contribution in [0.25, 0.3) is 6.08 Å². The van der Waals surface area contributed by atoms with Crippen molar-refractivity contribution >= 4 is 27.6 Å². The van der Waals surface area contributed by atoms with Crippen LogP contribution in [-0.4, -0.2) is 18.1 Å². The van der Waals surface area contributed by atoms with Crippen LogP contribution in [0, 0.1) is 0 Å². The highest BCUT2D eigenvalue weighted by Crippen LogP contribution is 2.41. The Morgan fingerprint density at radius 2 is 1.61 bits per heavy atom. The van der Waals surface area contributed by atoms with E-state index in [1.807, 2.05) is 0 Å². The summed E-state index contributed by atoms with van der Waals surface area (Å²) in [5.41, 5.74) is 13.8. The summed E-state index contributed by atoms with van der Waals surface area (Å²) in [6.07, 6.45) is 2.50. The van der Waals surface area contributed by atoms with Crippen LogP contribution < -0.4 is 11.5 Å². The molecule has 1 aliphatic rings. The Hall–Kier alpha value is -2.35. The zero-order valence-electron chi connectivity index (χ0n) is 12.0. The summed E-state index contributed by atoms with van der Waals surface area (Å²) in [6.45, 7) is 0. The summed E-state index contributed by atoms with van der Waals surface area (Å²) in [5.74, 6) is -0.637. The summed E-state index contributed by atoms with van der Waals surface area (Å²) in [4.78, 5) is -0.307. The zero-order valence-corrected chi connectivity index (χ0v) is 12.9. The Bertz CT molecular complexity index is 906. The minimum atomic E-state index is -4.46. The molecule has 0 heterocycles. The van der Waals surface area contributed by atoms with Gasteiger partial charge in [-0.1, -0.05) is 24.3 Å². The van der Waals surface area contributed by atoms with Crippen molar-refractivity contribution in [1.82, 2.24) is 0 Å². The highest BCUT2D eigenvalue weighted by molar-refractivity contribution is 7.85. The summed E-state index contributed by atoms with van der Waals surface area (Å²) < 4.78 is 32.7. The SMILES string of the molecule is Nc1ccc2c(c1)C(O)C(c1ccc(N)cc1S(=O)(=O)O)C=C2. The van der Waals surface area contributed by atoms with Gasteiger partial charge in [0.1, 0.15) is 0 Å². The van der Waals surface area contributed by atoms with Gasteiger partial charge in [0.2, 0.25) is 0 Å². The molecule has 0 amide bonds. The fourth-order valence-corrected chi connectivity index (χ4v) is 3.62. The van der Waals surface area contributed by atoms with Gasteiger partial charge in [-0.2, -0.15) is 8.42 Å². The lowest BCUT2D eigenvalue weighted by Gasteiger charge is -2.27. The molecular formula is C16H16N2O4S. The maximum Gasteiger partial charge on any atom is 0.294 e. The lowest BCUT2D eigenvalue weighted by atomic mass is 9.82. The summed E-state index contributed by atoms with van der Waals surface area (Å²) in [6, 6.07) is 9.37. The Morgan fingerprint density at radius 3 is 2.30 bits per heavy atom. The van der Waals surface area contributed by atoms with Crippen molar-refractivity contribution in [3.8, 4) is 0 Å². The van der Waals surface area contributed by atoms with Gasteiger partial charge in [-0.25, -0.2) is 0 Å². The molecule has 23 heavy (non-hydrogen) atoms. The lowest BCUT2D eigenvalue weighted by Crippen LogP contribution is -2.17. The van der Waals surface area contributed by atoms with E-state index in [0.29, 0.717) is 11.3 Å². The fourth-order valence-electron chi connectivity index (χ4n) is 2.83.